The number of hydrogen-bond donors (Lipinski definition) is 1. The second kappa shape index (κ2) is 9.03. The molecule has 1 aromatic rings. The third-order valence-corrected chi connectivity index (χ3v) is 4.87. The molecule has 7 heteroatoms. The zero-order valence-corrected chi connectivity index (χ0v) is 17.1. The smallest absolute Gasteiger partial charge is 0.193 e. The van der Waals surface area contributed by atoms with Crippen LogP contribution in [0.25, 0.3) is 0 Å². The van der Waals surface area contributed by atoms with Crippen molar-refractivity contribution in [3.8, 4) is 0 Å². The molecule has 2 unspecified atom stereocenters. The number of nitrogens with one attached hydrogen (secondary N) is 1. The van der Waals surface area contributed by atoms with Crippen molar-refractivity contribution in [3.05, 3.63) is 18.5 Å². The Kier molecular flexibility index (Phi) is 7.34. The van der Waals surface area contributed by atoms with Crippen molar-refractivity contribution in [1.29, 1.82) is 0 Å². The molecule has 0 bridgehead atoms. The summed E-state index contributed by atoms with van der Waals surface area (Å²) in [7, 11) is 0. The van der Waals surface area contributed by atoms with Gasteiger partial charge in [0, 0.05) is 57.1 Å². The lowest BCUT2D eigenvalue weighted by molar-refractivity contribution is 0.156. The maximum absolute atomic E-state index is 5.63. The van der Waals surface area contributed by atoms with Crippen LogP contribution in [0.4, 0.5) is 0 Å². The van der Waals surface area contributed by atoms with E-state index in [1.807, 2.05) is 23.1 Å². The highest BCUT2D eigenvalue weighted by molar-refractivity contribution is 14.0. The minimum Gasteiger partial charge on any atom is -0.381 e. The van der Waals surface area contributed by atoms with Crippen molar-refractivity contribution >= 4 is 29.9 Å². The first-order valence-electron chi connectivity index (χ1n) is 8.79. The minimum absolute atomic E-state index is 0. The quantitative estimate of drug-likeness (QED) is 0.428. The fraction of sp³-hybridized carbons (Fsp3) is 0.765. The normalized spacial score (nSPS) is 25.1. The van der Waals surface area contributed by atoms with Crippen LogP contribution < -0.4 is 5.32 Å². The van der Waals surface area contributed by atoms with Crippen molar-refractivity contribution in [2.75, 3.05) is 39.4 Å². The van der Waals surface area contributed by atoms with E-state index in [9.17, 15) is 0 Å². The molecule has 6 nitrogen and oxygen atoms in total. The molecule has 1 spiro atoms. The summed E-state index contributed by atoms with van der Waals surface area (Å²) in [4.78, 5) is 7.30. The summed E-state index contributed by atoms with van der Waals surface area (Å²) in [5.74, 6) is 1.53. The van der Waals surface area contributed by atoms with Gasteiger partial charge in [0.05, 0.1) is 6.61 Å². The zero-order chi connectivity index (χ0) is 16.1. The molecular formula is C17H30IN5O. The van der Waals surface area contributed by atoms with Crippen LogP contribution in [0.2, 0.25) is 0 Å². The van der Waals surface area contributed by atoms with E-state index in [-0.39, 0.29) is 24.0 Å². The Labute approximate surface area is 162 Å². The van der Waals surface area contributed by atoms with Gasteiger partial charge in [-0.2, -0.15) is 5.10 Å². The van der Waals surface area contributed by atoms with E-state index in [2.05, 4.69) is 29.2 Å². The number of rotatable bonds is 5. The second-order valence-corrected chi connectivity index (χ2v) is 7.00. The van der Waals surface area contributed by atoms with Crippen LogP contribution in [-0.2, 0) is 11.3 Å². The van der Waals surface area contributed by atoms with Gasteiger partial charge in [-0.25, -0.2) is 0 Å². The van der Waals surface area contributed by atoms with Gasteiger partial charge in [0.2, 0.25) is 0 Å². The fourth-order valence-corrected chi connectivity index (χ4v) is 3.54. The van der Waals surface area contributed by atoms with Crippen molar-refractivity contribution < 1.29 is 4.74 Å². The second-order valence-electron chi connectivity index (χ2n) is 7.00. The number of guanidine groups is 1. The number of ether oxygens (including phenoxy) is 1. The number of halogens is 1. The maximum Gasteiger partial charge on any atom is 0.193 e. The van der Waals surface area contributed by atoms with Crippen LogP contribution in [0.1, 0.15) is 26.7 Å². The van der Waals surface area contributed by atoms with Crippen molar-refractivity contribution in [2.45, 2.75) is 33.2 Å². The van der Waals surface area contributed by atoms with Gasteiger partial charge in [-0.3, -0.25) is 9.67 Å². The third kappa shape index (κ3) is 4.84. The molecule has 0 amide bonds. The van der Waals surface area contributed by atoms with E-state index in [1.165, 1.54) is 12.8 Å². The lowest BCUT2D eigenvalue weighted by Crippen LogP contribution is -2.41. The Morgan fingerprint density at radius 1 is 1.46 bits per heavy atom. The highest BCUT2D eigenvalue weighted by Gasteiger charge is 2.42. The Hall–Kier alpha value is -0.830. The van der Waals surface area contributed by atoms with Gasteiger partial charge in [0.1, 0.15) is 0 Å². The number of aliphatic imine (C=N–C) groups is 1. The summed E-state index contributed by atoms with van der Waals surface area (Å²) >= 11 is 0. The van der Waals surface area contributed by atoms with E-state index >= 15 is 0 Å². The molecule has 0 aromatic carbocycles. The average molecular weight is 447 g/mol. The van der Waals surface area contributed by atoms with Gasteiger partial charge >= 0.3 is 0 Å². The lowest BCUT2D eigenvalue weighted by Gasteiger charge is -2.25. The third-order valence-electron chi connectivity index (χ3n) is 4.87. The Balaban J connectivity index is 0.00000208. The summed E-state index contributed by atoms with van der Waals surface area (Å²) in [5, 5.41) is 7.73. The molecule has 136 valence electrons. The molecule has 24 heavy (non-hydrogen) atoms. The largest absolute Gasteiger partial charge is 0.381 e. The zero-order valence-electron chi connectivity index (χ0n) is 14.8. The van der Waals surface area contributed by atoms with Crippen LogP contribution >= 0.6 is 24.0 Å². The number of hydrogen-bond acceptors (Lipinski definition) is 3. The van der Waals surface area contributed by atoms with E-state index in [0.29, 0.717) is 11.3 Å². The summed E-state index contributed by atoms with van der Waals surface area (Å²) in [5.41, 5.74) is 0.372. The van der Waals surface area contributed by atoms with Gasteiger partial charge in [-0.05, 0) is 31.7 Å². The van der Waals surface area contributed by atoms with E-state index in [0.717, 1.165) is 51.9 Å². The minimum atomic E-state index is 0. The summed E-state index contributed by atoms with van der Waals surface area (Å²) < 4.78 is 7.61. The Morgan fingerprint density at radius 3 is 3.00 bits per heavy atom. The first kappa shape index (κ1) is 19.5. The predicted octanol–water partition coefficient (Wildman–Crippen LogP) is 2.22. The summed E-state index contributed by atoms with van der Waals surface area (Å²) in [6, 6.07) is 1.97. The molecule has 0 radical (unpaired) electrons. The first-order valence-corrected chi connectivity index (χ1v) is 8.79. The fourth-order valence-electron chi connectivity index (χ4n) is 3.54. The molecule has 3 rings (SSSR count). The standard InChI is InChI=1S/C17H29N5O.HI/c1-3-18-16(19-11-15(2)12-22-8-4-7-20-22)21-9-5-17(13-21)6-10-23-14-17;/h4,7-8,15H,3,5-6,9-14H2,1-2H3,(H,18,19);1H. The molecule has 1 N–H and O–H groups in total. The monoisotopic (exact) mass is 447 g/mol. The number of likely N-dealkylation sites (tertiary alicyclic amines) is 1. The van der Waals surface area contributed by atoms with Crippen LogP contribution in [0, 0.1) is 11.3 Å². The highest BCUT2D eigenvalue weighted by Crippen LogP contribution is 2.38. The van der Waals surface area contributed by atoms with Gasteiger partial charge in [-0.1, -0.05) is 6.92 Å². The lowest BCUT2D eigenvalue weighted by atomic mass is 9.87. The van der Waals surface area contributed by atoms with Crippen LogP contribution in [0.5, 0.6) is 0 Å². The molecule has 0 saturated carbocycles. The van der Waals surface area contributed by atoms with Crippen molar-refractivity contribution in [2.24, 2.45) is 16.3 Å². The van der Waals surface area contributed by atoms with Gasteiger partial charge in [0.15, 0.2) is 5.96 Å². The summed E-state index contributed by atoms with van der Waals surface area (Å²) in [6.45, 7) is 11.0. The van der Waals surface area contributed by atoms with Gasteiger partial charge in [-0.15, -0.1) is 24.0 Å². The first-order chi connectivity index (χ1) is 11.2. The molecule has 2 saturated heterocycles. The van der Waals surface area contributed by atoms with E-state index in [1.54, 1.807) is 0 Å². The predicted molar refractivity (Wildman–Crippen MR) is 107 cm³/mol. The van der Waals surface area contributed by atoms with E-state index in [4.69, 9.17) is 9.73 Å². The summed E-state index contributed by atoms with van der Waals surface area (Å²) in [6.07, 6.45) is 6.25. The molecule has 2 aliphatic rings. The number of nitrogens with zero attached hydrogens (tertiary/aromatic N) is 4. The van der Waals surface area contributed by atoms with Crippen LogP contribution in [-0.4, -0.2) is 60.0 Å². The molecule has 0 aliphatic carbocycles. The molecule has 3 heterocycles. The molecular weight excluding hydrogens is 417 g/mol. The topological polar surface area (TPSA) is 54.7 Å². The Morgan fingerprint density at radius 2 is 2.33 bits per heavy atom. The number of aromatic nitrogens is 2. The van der Waals surface area contributed by atoms with Gasteiger partial charge < -0.3 is 15.0 Å². The van der Waals surface area contributed by atoms with Crippen molar-refractivity contribution in [1.82, 2.24) is 20.0 Å². The average Bonchev–Trinajstić information content (AvgIpc) is 3.28. The molecule has 2 fully saturated rings. The molecule has 1 aromatic heterocycles. The maximum atomic E-state index is 5.63. The van der Waals surface area contributed by atoms with Gasteiger partial charge in [0.25, 0.3) is 0 Å². The van der Waals surface area contributed by atoms with E-state index < -0.39 is 0 Å². The van der Waals surface area contributed by atoms with Crippen molar-refractivity contribution in [3.63, 3.8) is 0 Å². The van der Waals surface area contributed by atoms with Crippen LogP contribution in [0.15, 0.2) is 23.5 Å². The van der Waals surface area contributed by atoms with Crippen LogP contribution in [0.3, 0.4) is 0 Å². The Bertz CT molecular complexity index is 513. The highest BCUT2D eigenvalue weighted by atomic mass is 127. The SMILES string of the molecule is CCNC(=NCC(C)Cn1cccn1)N1CCC2(CCOC2)C1.I. The molecule has 2 atom stereocenters. The molecule has 2 aliphatic heterocycles.